The largest absolute Gasteiger partial charge is 0.494 e. The van der Waals surface area contributed by atoms with Gasteiger partial charge in [0.2, 0.25) is 0 Å². The lowest BCUT2D eigenvalue weighted by Gasteiger charge is -2.60. The lowest BCUT2D eigenvalue weighted by atomic mass is 9.44. The quantitative estimate of drug-likeness (QED) is 0.404. The van der Waals surface area contributed by atoms with Crippen LogP contribution < -0.4 is 0 Å². The van der Waals surface area contributed by atoms with Crippen LogP contribution in [0.15, 0.2) is 11.3 Å². The number of rotatable bonds is 6. The van der Waals surface area contributed by atoms with Gasteiger partial charge in [0.1, 0.15) is 18.0 Å². The van der Waals surface area contributed by atoms with Crippen LogP contribution >= 0.6 is 0 Å². The number of esters is 2. The smallest absolute Gasteiger partial charge is 0.302 e. The molecule has 37 heavy (non-hydrogen) atoms. The van der Waals surface area contributed by atoms with Crippen LogP contribution in [0.4, 0.5) is 0 Å². The van der Waals surface area contributed by atoms with Crippen molar-refractivity contribution in [2.45, 2.75) is 112 Å². The molecule has 0 spiro atoms. The SMILES string of the molecule is CC(=O)OC[C@@H](C)CCC1=C(C)[C@H]2[C@H](C[C@H]3[C@@H]4CC[C@H]5C[C@@H](OC(C)=O)CC[C@]5(C)[C@H]4CC(=O)[C@@]32C)O1. The Bertz CT molecular complexity index is 984. The van der Waals surface area contributed by atoms with E-state index in [1.54, 1.807) is 0 Å². The van der Waals surface area contributed by atoms with Crippen LogP contribution in [0.1, 0.15) is 99.3 Å². The summed E-state index contributed by atoms with van der Waals surface area (Å²) in [5.74, 6) is 3.49. The molecule has 0 saturated heterocycles. The maximum absolute atomic E-state index is 14.1. The fraction of sp³-hybridized carbons (Fsp3) is 0.839. The molecule has 5 rings (SSSR count). The van der Waals surface area contributed by atoms with E-state index >= 15 is 0 Å². The van der Waals surface area contributed by atoms with Gasteiger partial charge in [-0.3, -0.25) is 14.4 Å². The molecule has 4 aliphatic carbocycles. The number of hydrogen-bond acceptors (Lipinski definition) is 6. The van der Waals surface area contributed by atoms with Gasteiger partial charge >= 0.3 is 11.9 Å². The van der Waals surface area contributed by atoms with Crippen LogP contribution in [-0.4, -0.2) is 36.5 Å². The van der Waals surface area contributed by atoms with Gasteiger partial charge in [0, 0.05) is 38.0 Å². The summed E-state index contributed by atoms with van der Waals surface area (Å²) in [5, 5.41) is 0. The van der Waals surface area contributed by atoms with Crippen molar-refractivity contribution in [1.82, 2.24) is 0 Å². The Hall–Kier alpha value is -1.85. The van der Waals surface area contributed by atoms with Crippen molar-refractivity contribution in [1.29, 1.82) is 0 Å². The number of ketones is 1. The molecular formula is C31H46O6. The fourth-order valence-electron chi connectivity index (χ4n) is 9.55. The molecule has 0 bridgehead atoms. The van der Waals surface area contributed by atoms with Crippen molar-refractivity contribution in [3.8, 4) is 0 Å². The highest BCUT2D eigenvalue weighted by molar-refractivity contribution is 5.87. The van der Waals surface area contributed by atoms with Gasteiger partial charge in [0.15, 0.2) is 0 Å². The Kier molecular flexibility index (Phi) is 7.02. The second-order valence-corrected chi connectivity index (χ2v) is 13.5. The third-order valence-electron chi connectivity index (χ3n) is 11.5. The maximum atomic E-state index is 14.1. The Labute approximate surface area is 222 Å². The minimum atomic E-state index is -0.334. The molecule has 10 atom stereocenters. The third kappa shape index (κ3) is 4.44. The van der Waals surface area contributed by atoms with Crippen LogP contribution in [0.5, 0.6) is 0 Å². The van der Waals surface area contributed by atoms with E-state index in [1.807, 2.05) is 0 Å². The van der Waals surface area contributed by atoms with Gasteiger partial charge in [0.25, 0.3) is 0 Å². The first-order valence-electron chi connectivity index (χ1n) is 14.6. The van der Waals surface area contributed by atoms with Gasteiger partial charge in [-0.1, -0.05) is 20.8 Å². The zero-order chi connectivity index (χ0) is 26.7. The van der Waals surface area contributed by atoms with Crippen LogP contribution in [0, 0.1) is 46.3 Å². The summed E-state index contributed by atoms with van der Waals surface area (Å²) in [6.07, 6.45) is 8.83. The predicted octanol–water partition coefficient (Wildman–Crippen LogP) is 6.02. The van der Waals surface area contributed by atoms with E-state index in [2.05, 4.69) is 27.7 Å². The highest BCUT2D eigenvalue weighted by atomic mass is 16.5. The van der Waals surface area contributed by atoms with E-state index in [-0.39, 0.29) is 46.8 Å². The molecule has 0 amide bonds. The third-order valence-corrected chi connectivity index (χ3v) is 11.5. The van der Waals surface area contributed by atoms with E-state index in [0.29, 0.717) is 42.5 Å². The van der Waals surface area contributed by atoms with Crippen molar-refractivity contribution >= 4 is 17.7 Å². The molecular weight excluding hydrogens is 468 g/mol. The summed E-state index contributed by atoms with van der Waals surface area (Å²) in [7, 11) is 0. The fourth-order valence-corrected chi connectivity index (χ4v) is 9.55. The average molecular weight is 515 g/mol. The van der Waals surface area contributed by atoms with E-state index in [9.17, 15) is 14.4 Å². The first-order valence-corrected chi connectivity index (χ1v) is 14.6. The molecule has 0 aromatic carbocycles. The molecule has 206 valence electrons. The minimum Gasteiger partial charge on any atom is -0.494 e. The molecule has 0 radical (unpaired) electrons. The predicted molar refractivity (Wildman–Crippen MR) is 139 cm³/mol. The monoisotopic (exact) mass is 514 g/mol. The lowest BCUT2D eigenvalue weighted by Crippen LogP contribution is -2.57. The van der Waals surface area contributed by atoms with Crippen molar-refractivity contribution in [3.05, 3.63) is 11.3 Å². The van der Waals surface area contributed by atoms with Crippen LogP contribution in [0.3, 0.4) is 0 Å². The van der Waals surface area contributed by atoms with Gasteiger partial charge in [-0.25, -0.2) is 0 Å². The summed E-state index contributed by atoms with van der Waals surface area (Å²) in [6, 6.07) is 0. The van der Waals surface area contributed by atoms with E-state index < -0.39 is 0 Å². The molecule has 1 heterocycles. The van der Waals surface area contributed by atoms with Gasteiger partial charge in [-0.2, -0.15) is 0 Å². The highest BCUT2D eigenvalue weighted by Crippen LogP contribution is 2.68. The Balaban J connectivity index is 1.30. The van der Waals surface area contributed by atoms with Crippen LogP contribution in [0.25, 0.3) is 0 Å². The molecule has 0 N–H and O–H groups in total. The Morgan fingerprint density at radius 3 is 2.54 bits per heavy atom. The highest BCUT2D eigenvalue weighted by Gasteiger charge is 2.67. The van der Waals surface area contributed by atoms with E-state index in [0.717, 1.165) is 44.3 Å². The summed E-state index contributed by atoms with van der Waals surface area (Å²) < 4.78 is 17.4. The molecule has 4 saturated carbocycles. The molecule has 0 aromatic rings. The average Bonchev–Trinajstić information content (AvgIpc) is 3.31. The Morgan fingerprint density at radius 1 is 1.08 bits per heavy atom. The minimum absolute atomic E-state index is 0.0406. The number of ether oxygens (including phenoxy) is 3. The summed E-state index contributed by atoms with van der Waals surface area (Å²) in [5.41, 5.74) is 1.10. The normalized spacial score (nSPS) is 43.2. The number of allylic oxidation sites excluding steroid dienone is 1. The van der Waals surface area contributed by atoms with Crippen LogP contribution in [0.2, 0.25) is 0 Å². The molecule has 6 nitrogen and oxygen atoms in total. The zero-order valence-electron chi connectivity index (χ0n) is 23.6. The maximum Gasteiger partial charge on any atom is 0.302 e. The molecule has 4 fully saturated rings. The molecule has 0 aromatic heterocycles. The second-order valence-electron chi connectivity index (χ2n) is 13.5. The first kappa shape index (κ1) is 26.7. The van der Waals surface area contributed by atoms with Gasteiger partial charge in [-0.05, 0) is 92.4 Å². The standard InChI is InChI=1S/C31H46O6/c1-17(16-35-19(3)32)7-10-26-18(2)29-27(37-26)14-25-23-9-8-21-13-22(36-20(4)33)11-12-30(21,5)24(23)15-28(34)31(25,29)6/h17,21-25,27,29H,7-16H2,1-6H3/t17-,21-,22-,23+,24-,25-,27-,29-,30-,31+/m0/s1. The van der Waals surface area contributed by atoms with Crippen molar-refractivity contribution in [2.24, 2.45) is 46.3 Å². The summed E-state index contributed by atoms with van der Waals surface area (Å²) in [6.45, 7) is 12.4. The zero-order valence-corrected chi connectivity index (χ0v) is 23.6. The lowest BCUT2D eigenvalue weighted by molar-refractivity contribution is -0.165. The molecule has 6 heteroatoms. The van der Waals surface area contributed by atoms with Crippen molar-refractivity contribution < 1.29 is 28.6 Å². The second kappa shape index (κ2) is 9.72. The number of fused-ring (bicyclic) bond motifs is 7. The molecule has 0 unspecified atom stereocenters. The molecule has 1 aliphatic heterocycles. The van der Waals surface area contributed by atoms with E-state index in [4.69, 9.17) is 14.2 Å². The molecule has 5 aliphatic rings. The number of Topliss-reactive ketones (excluding diaryl/α,β-unsaturated/α-hetero) is 1. The van der Waals surface area contributed by atoms with Crippen molar-refractivity contribution in [2.75, 3.05) is 6.61 Å². The summed E-state index contributed by atoms with van der Waals surface area (Å²) >= 11 is 0. The van der Waals surface area contributed by atoms with Gasteiger partial charge in [-0.15, -0.1) is 0 Å². The number of carbonyl (C=O) groups is 3. The first-order chi connectivity index (χ1) is 17.4. The number of carbonyl (C=O) groups excluding carboxylic acids is 3. The van der Waals surface area contributed by atoms with Crippen LogP contribution in [-0.2, 0) is 28.6 Å². The van der Waals surface area contributed by atoms with E-state index in [1.165, 1.54) is 32.3 Å². The van der Waals surface area contributed by atoms with Gasteiger partial charge < -0.3 is 14.2 Å². The topological polar surface area (TPSA) is 78.9 Å². The van der Waals surface area contributed by atoms with Gasteiger partial charge in [0.05, 0.1) is 12.4 Å². The number of hydrogen-bond donors (Lipinski definition) is 0. The summed E-state index contributed by atoms with van der Waals surface area (Å²) in [4.78, 5) is 36.8. The van der Waals surface area contributed by atoms with Crippen molar-refractivity contribution in [3.63, 3.8) is 0 Å². The Morgan fingerprint density at radius 2 is 1.84 bits per heavy atom.